The SMILES string of the molecule is C#CC1(c2ccccc2)CO1. The number of epoxide rings is 1. The van der Waals surface area contributed by atoms with Gasteiger partial charge in [0.05, 0.1) is 6.61 Å². The molecule has 2 rings (SSSR count). The zero-order valence-electron chi connectivity index (χ0n) is 6.08. The lowest BCUT2D eigenvalue weighted by Gasteiger charge is -2.01. The largest absolute Gasteiger partial charge is 0.351 e. The van der Waals surface area contributed by atoms with Crippen LogP contribution in [0.5, 0.6) is 0 Å². The monoisotopic (exact) mass is 144 g/mol. The molecule has 1 aliphatic rings. The van der Waals surface area contributed by atoms with E-state index in [0.717, 1.165) is 5.56 Å². The van der Waals surface area contributed by atoms with Crippen LogP contribution in [0.1, 0.15) is 5.56 Å². The van der Waals surface area contributed by atoms with Crippen LogP contribution in [0.3, 0.4) is 0 Å². The summed E-state index contributed by atoms with van der Waals surface area (Å²) >= 11 is 0. The molecule has 0 aromatic heterocycles. The molecule has 1 nitrogen and oxygen atoms in total. The van der Waals surface area contributed by atoms with E-state index in [4.69, 9.17) is 11.2 Å². The highest BCUT2D eigenvalue weighted by atomic mass is 16.6. The Hall–Kier alpha value is -1.26. The van der Waals surface area contributed by atoms with Crippen molar-refractivity contribution in [2.75, 3.05) is 6.61 Å². The molecule has 1 saturated heterocycles. The fourth-order valence-corrected chi connectivity index (χ4v) is 1.11. The predicted molar refractivity (Wildman–Crippen MR) is 42.9 cm³/mol. The smallest absolute Gasteiger partial charge is 0.177 e. The van der Waals surface area contributed by atoms with Crippen LogP contribution < -0.4 is 0 Å². The second-order valence-electron chi connectivity index (χ2n) is 2.63. The minimum absolute atomic E-state index is 0.388. The van der Waals surface area contributed by atoms with E-state index < -0.39 is 0 Å². The van der Waals surface area contributed by atoms with E-state index in [0.29, 0.717) is 6.61 Å². The van der Waals surface area contributed by atoms with Crippen LogP contribution in [0, 0.1) is 12.3 Å². The van der Waals surface area contributed by atoms with Crippen LogP contribution >= 0.6 is 0 Å². The summed E-state index contributed by atoms with van der Waals surface area (Å²) in [6.45, 7) is 0.660. The van der Waals surface area contributed by atoms with Crippen LogP contribution in [-0.2, 0) is 10.3 Å². The van der Waals surface area contributed by atoms with E-state index in [2.05, 4.69) is 5.92 Å². The van der Waals surface area contributed by atoms with E-state index in [9.17, 15) is 0 Å². The molecule has 0 N–H and O–H groups in total. The lowest BCUT2D eigenvalue weighted by Crippen LogP contribution is -2.03. The molecule has 1 fully saturated rings. The quantitative estimate of drug-likeness (QED) is 0.430. The number of terminal acetylenes is 1. The molecule has 1 heterocycles. The summed E-state index contributed by atoms with van der Waals surface area (Å²) in [4.78, 5) is 0. The second kappa shape index (κ2) is 2.11. The standard InChI is InChI=1S/C10H8O/c1-2-10(8-11-10)9-6-4-3-5-7-9/h1,3-7H,8H2. The second-order valence-corrected chi connectivity index (χ2v) is 2.63. The van der Waals surface area contributed by atoms with E-state index in [1.807, 2.05) is 30.3 Å². The van der Waals surface area contributed by atoms with Gasteiger partial charge in [-0.05, 0) is 5.56 Å². The van der Waals surface area contributed by atoms with Crippen molar-refractivity contribution in [1.29, 1.82) is 0 Å². The summed E-state index contributed by atoms with van der Waals surface area (Å²) in [5.74, 6) is 2.65. The molecule has 54 valence electrons. The molecule has 0 spiro atoms. The van der Waals surface area contributed by atoms with Gasteiger partial charge in [-0.15, -0.1) is 6.42 Å². The minimum Gasteiger partial charge on any atom is -0.351 e. The highest BCUT2D eigenvalue weighted by Gasteiger charge is 2.44. The van der Waals surface area contributed by atoms with Crippen molar-refractivity contribution in [3.8, 4) is 12.3 Å². The first-order valence-corrected chi connectivity index (χ1v) is 3.55. The zero-order chi connectivity index (χ0) is 7.73. The van der Waals surface area contributed by atoms with E-state index in [1.165, 1.54) is 0 Å². The average Bonchev–Trinajstić information content (AvgIpc) is 2.86. The van der Waals surface area contributed by atoms with Gasteiger partial charge in [0.2, 0.25) is 0 Å². The molecule has 1 unspecified atom stereocenters. The fraction of sp³-hybridized carbons (Fsp3) is 0.200. The molecule has 0 saturated carbocycles. The molecule has 1 aliphatic heterocycles. The molecule has 0 radical (unpaired) electrons. The summed E-state index contributed by atoms with van der Waals surface area (Å²) in [5, 5.41) is 0. The minimum atomic E-state index is -0.388. The first-order valence-electron chi connectivity index (χ1n) is 3.55. The molecule has 1 heteroatoms. The summed E-state index contributed by atoms with van der Waals surface area (Å²) in [6.07, 6.45) is 5.33. The van der Waals surface area contributed by atoms with Gasteiger partial charge in [0.1, 0.15) is 0 Å². The van der Waals surface area contributed by atoms with Crippen molar-refractivity contribution < 1.29 is 4.74 Å². The van der Waals surface area contributed by atoms with Gasteiger partial charge >= 0.3 is 0 Å². The Morgan fingerprint density at radius 1 is 1.36 bits per heavy atom. The lowest BCUT2D eigenvalue weighted by atomic mass is 10.0. The Morgan fingerprint density at radius 2 is 2.00 bits per heavy atom. The van der Waals surface area contributed by atoms with E-state index in [-0.39, 0.29) is 5.60 Å². The molecule has 11 heavy (non-hydrogen) atoms. The van der Waals surface area contributed by atoms with E-state index in [1.54, 1.807) is 0 Å². The molecule has 0 aliphatic carbocycles. The van der Waals surface area contributed by atoms with Crippen LogP contribution in [0.4, 0.5) is 0 Å². The zero-order valence-corrected chi connectivity index (χ0v) is 6.08. The van der Waals surface area contributed by atoms with Gasteiger partial charge in [-0.2, -0.15) is 0 Å². The summed E-state index contributed by atoms with van der Waals surface area (Å²) < 4.78 is 5.20. The Balaban J connectivity index is 2.39. The molecule has 0 amide bonds. The third kappa shape index (κ3) is 0.923. The molecule has 1 aromatic carbocycles. The highest BCUT2D eigenvalue weighted by molar-refractivity contribution is 5.35. The molecule has 0 bridgehead atoms. The molecular weight excluding hydrogens is 136 g/mol. The topological polar surface area (TPSA) is 12.5 Å². The van der Waals surface area contributed by atoms with Crippen LogP contribution in [-0.4, -0.2) is 6.61 Å². The van der Waals surface area contributed by atoms with Crippen LogP contribution in [0.25, 0.3) is 0 Å². The maximum absolute atomic E-state index is 5.33. The van der Waals surface area contributed by atoms with Crippen molar-refractivity contribution in [2.45, 2.75) is 5.60 Å². The van der Waals surface area contributed by atoms with Crippen molar-refractivity contribution >= 4 is 0 Å². The summed E-state index contributed by atoms with van der Waals surface area (Å²) in [5.41, 5.74) is 0.698. The number of rotatable bonds is 1. The summed E-state index contributed by atoms with van der Waals surface area (Å²) in [6, 6.07) is 9.89. The Morgan fingerprint density at radius 3 is 2.45 bits per heavy atom. The first-order chi connectivity index (χ1) is 5.37. The van der Waals surface area contributed by atoms with Crippen molar-refractivity contribution in [2.24, 2.45) is 0 Å². The van der Waals surface area contributed by atoms with Crippen molar-refractivity contribution in [3.05, 3.63) is 35.9 Å². The highest BCUT2D eigenvalue weighted by Crippen LogP contribution is 2.37. The van der Waals surface area contributed by atoms with Gasteiger partial charge in [0.25, 0.3) is 0 Å². The van der Waals surface area contributed by atoms with Crippen molar-refractivity contribution in [1.82, 2.24) is 0 Å². The number of benzene rings is 1. The number of hydrogen-bond donors (Lipinski definition) is 0. The van der Waals surface area contributed by atoms with Gasteiger partial charge < -0.3 is 4.74 Å². The normalized spacial score (nSPS) is 27.5. The maximum Gasteiger partial charge on any atom is 0.177 e. The van der Waals surface area contributed by atoms with Crippen LogP contribution in [0.15, 0.2) is 30.3 Å². The predicted octanol–water partition coefficient (Wildman–Crippen LogP) is 1.55. The Kier molecular flexibility index (Phi) is 1.24. The third-order valence-electron chi connectivity index (χ3n) is 1.91. The van der Waals surface area contributed by atoms with Gasteiger partial charge in [-0.1, -0.05) is 36.3 Å². The van der Waals surface area contributed by atoms with Gasteiger partial charge in [-0.3, -0.25) is 0 Å². The van der Waals surface area contributed by atoms with Crippen molar-refractivity contribution in [3.63, 3.8) is 0 Å². The summed E-state index contributed by atoms with van der Waals surface area (Å²) in [7, 11) is 0. The Bertz CT molecular complexity index is 290. The Labute approximate surface area is 66.0 Å². The molecule has 1 atom stereocenters. The number of hydrogen-bond acceptors (Lipinski definition) is 1. The van der Waals surface area contributed by atoms with Gasteiger partial charge in [0, 0.05) is 0 Å². The fourth-order valence-electron chi connectivity index (χ4n) is 1.11. The third-order valence-corrected chi connectivity index (χ3v) is 1.91. The average molecular weight is 144 g/mol. The van der Waals surface area contributed by atoms with Gasteiger partial charge in [-0.25, -0.2) is 0 Å². The van der Waals surface area contributed by atoms with E-state index >= 15 is 0 Å². The van der Waals surface area contributed by atoms with Crippen LogP contribution in [0.2, 0.25) is 0 Å². The lowest BCUT2D eigenvalue weighted by molar-refractivity contribution is 0.366. The maximum atomic E-state index is 5.33. The molecular formula is C10H8O. The first kappa shape index (κ1) is 6.45. The number of ether oxygens (including phenoxy) is 1. The molecule has 1 aromatic rings. The van der Waals surface area contributed by atoms with Gasteiger partial charge in [0.15, 0.2) is 5.60 Å².